The van der Waals surface area contributed by atoms with Gasteiger partial charge in [-0.05, 0) is 18.2 Å². The number of thioether (sulfide) groups is 1. The standard InChI is InChI=1S/C19H18F3N5O3S/c20-9-30-16-5-24-15(4-25-16)17(28)26-10-1-2-13(21)11(3-10)19-8-29-6-14(22)12(19)7-31-18(23)27-19/h1-5,12,14H,6-9H2,(H2,23,27)(H,26,28)/t12?,14?,19-/m1/s1. The Morgan fingerprint density at radius 3 is 2.97 bits per heavy atom. The van der Waals surface area contributed by atoms with E-state index in [1.54, 1.807) is 0 Å². The molecule has 0 saturated carbocycles. The molecule has 164 valence electrons. The van der Waals surface area contributed by atoms with Crippen LogP contribution in [0.5, 0.6) is 5.88 Å². The molecule has 3 atom stereocenters. The zero-order valence-electron chi connectivity index (χ0n) is 16.1. The number of amides is 1. The molecule has 2 aliphatic heterocycles. The first-order valence-corrected chi connectivity index (χ1v) is 10.2. The van der Waals surface area contributed by atoms with Gasteiger partial charge in [0, 0.05) is 22.9 Å². The maximum Gasteiger partial charge on any atom is 0.275 e. The number of halogens is 3. The second-order valence-corrected chi connectivity index (χ2v) is 8.01. The van der Waals surface area contributed by atoms with Crippen molar-refractivity contribution in [2.75, 3.05) is 31.1 Å². The third-order valence-corrected chi connectivity index (χ3v) is 6.04. The molecule has 2 unspecified atom stereocenters. The lowest BCUT2D eigenvalue weighted by Crippen LogP contribution is -2.53. The molecule has 1 aromatic carbocycles. The van der Waals surface area contributed by atoms with Crippen LogP contribution < -0.4 is 15.8 Å². The van der Waals surface area contributed by atoms with E-state index in [0.717, 1.165) is 18.5 Å². The van der Waals surface area contributed by atoms with Crippen LogP contribution in [0.15, 0.2) is 35.6 Å². The number of hydrogen-bond acceptors (Lipinski definition) is 8. The molecule has 12 heteroatoms. The minimum atomic E-state index is -1.34. The molecule has 3 N–H and O–H groups in total. The molecule has 2 aliphatic rings. The lowest BCUT2D eigenvalue weighted by molar-refractivity contribution is -0.0526. The molecular weight excluding hydrogens is 435 g/mol. The van der Waals surface area contributed by atoms with Gasteiger partial charge in [-0.25, -0.2) is 28.1 Å². The lowest BCUT2D eigenvalue weighted by atomic mass is 9.75. The number of carbonyl (C=O) groups excluding carboxylic acids is 1. The summed E-state index contributed by atoms with van der Waals surface area (Å²) in [7, 11) is 0. The number of amidine groups is 1. The molecular formula is C19H18F3N5O3S. The van der Waals surface area contributed by atoms with Crippen LogP contribution in [-0.4, -0.2) is 53.0 Å². The first-order valence-electron chi connectivity index (χ1n) is 9.25. The number of benzene rings is 1. The number of nitrogens with zero attached hydrogens (tertiary/aromatic N) is 3. The van der Waals surface area contributed by atoms with Gasteiger partial charge in [-0.2, -0.15) is 0 Å². The molecule has 31 heavy (non-hydrogen) atoms. The van der Waals surface area contributed by atoms with E-state index in [4.69, 9.17) is 10.5 Å². The Bertz CT molecular complexity index is 1010. The van der Waals surface area contributed by atoms with Gasteiger partial charge in [-0.15, -0.1) is 0 Å². The van der Waals surface area contributed by atoms with Gasteiger partial charge >= 0.3 is 0 Å². The molecule has 0 aliphatic carbocycles. The van der Waals surface area contributed by atoms with Crippen LogP contribution in [0.4, 0.5) is 18.9 Å². The van der Waals surface area contributed by atoms with Crippen LogP contribution in [-0.2, 0) is 10.3 Å². The molecule has 4 rings (SSSR count). The van der Waals surface area contributed by atoms with E-state index in [9.17, 15) is 18.0 Å². The second-order valence-electron chi connectivity index (χ2n) is 6.96. The molecule has 1 fully saturated rings. The maximum atomic E-state index is 14.9. The number of ether oxygens (including phenoxy) is 2. The largest absolute Gasteiger partial charge is 0.445 e. The Kier molecular flexibility index (Phi) is 6.01. The van der Waals surface area contributed by atoms with Gasteiger partial charge < -0.3 is 20.5 Å². The summed E-state index contributed by atoms with van der Waals surface area (Å²) in [6.07, 6.45) is 0.883. The number of rotatable bonds is 5. The summed E-state index contributed by atoms with van der Waals surface area (Å²) in [6, 6.07) is 3.91. The molecule has 1 amide bonds. The van der Waals surface area contributed by atoms with E-state index in [-0.39, 0.29) is 41.2 Å². The number of nitrogens with two attached hydrogens (primary N) is 1. The number of fused-ring (bicyclic) bond motifs is 1. The molecule has 8 nitrogen and oxygen atoms in total. The lowest BCUT2D eigenvalue weighted by Gasteiger charge is -2.45. The van der Waals surface area contributed by atoms with E-state index in [0.29, 0.717) is 5.75 Å². The molecule has 3 heterocycles. The summed E-state index contributed by atoms with van der Waals surface area (Å²) in [5.41, 5.74) is 4.82. The quantitative estimate of drug-likeness (QED) is 0.715. The summed E-state index contributed by atoms with van der Waals surface area (Å²) in [5.74, 6) is -1.61. The number of aliphatic imine (C=N–C) groups is 1. The summed E-state index contributed by atoms with van der Waals surface area (Å²) >= 11 is 1.21. The fraction of sp³-hybridized carbons (Fsp3) is 0.368. The number of carbonyl (C=O) groups is 1. The van der Waals surface area contributed by atoms with Gasteiger partial charge in [0.25, 0.3) is 5.91 Å². The second kappa shape index (κ2) is 8.71. The van der Waals surface area contributed by atoms with Crippen LogP contribution in [0.3, 0.4) is 0 Å². The van der Waals surface area contributed by atoms with Crippen molar-refractivity contribution >= 4 is 28.5 Å². The molecule has 0 spiro atoms. The first kappa shape index (κ1) is 21.4. The topological polar surface area (TPSA) is 112 Å². The number of alkyl halides is 2. The average Bonchev–Trinajstić information content (AvgIpc) is 2.75. The van der Waals surface area contributed by atoms with Crippen LogP contribution in [0.2, 0.25) is 0 Å². The Labute approximate surface area is 179 Å². The summed E-state index contributed by atoms with van der Waals surface area (Å²) in [5, 5.41) is 2.80. The molecule has 1 aromatic heterocycles. The third kappa shape index (κ3) is 4.17. The highest BCUT2D eigenvalue weighted by molar-refractivity contribution is 8.13. The van der Waals surface area contributed by atoms with Crippen molar-refractivity contribution in [1.82, 2.24) is 9.97 Å². The minimum Gasteiger partial charge on any atom is -0.445 e. The minimum absolute atomic E-state index is 0.0326. The first-order chi connectivity index (χ1) is 14.9. The highest BCUT2D eigenvalue weighted by Crippen LogP contribution is 2.46. The van der Waals surface area contributed by atoms with Crippen molar-refractivity contribution in [3.8, 4) is 5.88 Å². The fourth-order valence-electron chi connectivity index (χ4n) is 3.64. The highest BCUT2D eigenvalue weighted by Gasteiger charge is 2.51. The molecule has 1 saturated heterocycles. The van der Waals surface area contributed by atoms with Crippen molar-refractivity contribution in [2.45, 2.75) is 11.7 Å². The number of aromatic nitrogens is 2. The van der Waals surface area contributed by atoms with Gasteiger partial charge in [0.05, 0.1) is 25.6 Å². The zero-order valence-corrected chi connectivity index (χ0v) is 16.9. The molecule has 2 aromatic rings. The van der Waals surface area contributed by atoms with Crippen molar-refractivity contribution in [2.24, 2.45) is 16.6 Å². The van der Waals surface area contributed by atoms with Crippen LogP contribution in [0.25, 0.3) is 0 Å². The SMILES string of the molecule is NC1=N[C@@]2(c3cc(NC(=O)c4cnc(OCF)cn4)ccc3F)COCC(F)C2CS1. The molecule has 0 radical (unpaired) electrons. The Hall–Kier alpha value is -2.86. The van der Waals surface area contributed by atoms with E-state index in [1.165, 1.54) is 23.9 Å². The monoisotopic (exact) mass is 453 g/mol. The normalized spacial score (nSPS) is 25.3. The predicted molar refractivity (Wildman–Crippen MR) is 108 cm³/mol. The highest BCUT2D eigenvalue weighted by atomic mass is 32.2. The Balaban J connectivity index is 1.64. The van der Waals surface area contributed by atoms with Gasteiger partial charge in [0.2, 0.25) is 12.7 Å². The smallest absolute Gasteiger partial charge is 0.275 e. The Morgan fingerprint density at radius 1 is 1.39 bits per heavy atom. The van der Waals surface area contributed by atoms with Crippen LogP contribution in [0, 0.1) is 11.7 Å². The third-order valence-electron chi connectivity index (χ3n) is 5.12. The van der Waals surface area contributed by atoms with Crippen molar-refractivity contribution < 1.29 is 27.4 Å². The van der Waals surface area contributed by atoms with Gasteiger partial charge in [0.1, 0.15) is 23.2 Å². The summed E-state index contributed by atoms with van der Waals surface area (Å²) in [4.78, 5) is 24.5. The fourth-order valence-corrected chi connectivity index (χ4v) is 4.70. The van der Waals surface area contributed by atoms with E-state index in [1.807, 2.05) is 0 Å². The van der Waals surface area contributed by atoms with Gasteiger partial charge in [0.15, 0.2) is 5.17 Å². The van der Waals surface area contributed by atoms with E-state index in [2.05, 4.69) is 25.0 Å². The van der Waals surface area contributed by atoms with Gasteiger partial charge in [-0.1, -0.05) is 11.8 Å². The summed E-state index contributed by atoms with van der Waals surface area (Å²) < 4.78 is 51.6. The number of nitrogens with one attached hydrogen (secondary N) is 1. The number of hydrogen-bond donors (Lipinski definition) is 2. The van der Waals surface area contributed by atoms with E-state index < -0.39 is 36.2 Å². The average molecular weight is 453 g/mol. The Morgan fingerprint density at radius 2 is 2.23 bits per heavy atom. The van der Waals surface area contributed by atoms with Crippen LogP contribution >= 0.6 is 11.8 Å². The van der Waals surface area contributed by atoms with E-state index >= 15 is 0 Å². The van der Waals surface area contributed by atoms with Gasteiger partial charge in [-0.3, -0.25) is 4.79 Å². The van der Waals surface area contributed by atoms with Crippen molar-refractivity contribution in [3.05, 3.63) is 47.7 Å². The van der Waals surface area contributed by atoms with Crippen molar-refractivity contribution in [3.63, 3.8) is 0 Å². The predicted octanol–water partition coefficient (Wildman–Crippen LogP) is 2.42. The zero-order chi connectivity index (χ0) is 22.0. The molecule has 0 bridgehead atoms. The maximum absolute atomic E-state index is 14.9. The summed E-state index contributed by atoms with van der Waals surface area (Å²) in [6.45, 7) is -1.20. The van der Waals surface area contributed by atoms with Crippen molar-refractivity contribution in [1.29, 1.82) is 0 Å². The van der Waals surface area contributed by atoms with Crippen LogP contribution in [0.1, 0.15) is 16.1 Å². The number of anilines is 1.